The van der Waals surface area contributed by atoms with Gasteiger partial charge in [-0.15, -0.1) is 0 Å². The molecule has 0 bridgehead atoms. The lowest BCUT2D eigenvalue weighted by Gasteiger charge is -2.30. The number of hydrogen-bond acceptors (Lipinski definition) is 4. The van der Waals surface area contributed by atoms with Crippen molar-refractivity contribution in [1.82, 2.24) is 10.6 Å². The molecule has 0 aliphatic heterocycles. The molecule has 0 unspecified atom stereocenters. The van der Waals surface area contributed by atoms with Crippen molar-refractivity contribution in [2.24, 2.45) is 5.92 Å². The van der Waals surface area contributed by atoms with Gasteiger partial charge in [0.2, 0.25) is 5.91 Å². The van der Waals surface area contributed by atoms with E-state index in [2.05, 4.69) is 10.6 Å². The third-order valence-electron chi connectivity index (χ3n) is 3.85. The second-order valence-electron chi connectivity index (χ2n) is 7.45. The zero-order valence-electron chi connectivity index (χ0n) is 14.6. The molecule has 23 heavy (non-hydrogen) atoms. The molecule has 0 heterocycles. The van der Waals surface area contributed by atoms with Crippen LogP contribution in [0.25, 0.3) is 0 Å². The molecule has 0 radical (unpaired) electrons. The summed E-state index contributed by atoms with van der Waals surface area (Å²) >= 11 is 0. The first-order chi connectivity index (χ1) is 10.5. The first-order valence-electron chi connectivity index (χ1n) is 8.02. The Balaban J connectivity index is 2.79. The fourth-order valence-corrected chi connectivity index (χ4v) is 2.65. The number of rotatable bonds is 5. The molecule has 0 spiro atoms. The van der Waals surface area contributed by atoms with E-state index < -0.39 is 35.2 Å². The highest BCUT2D eigenvalue weighted by Crippen LogP contribution is 2.30. The smallest absolute Gasteiger partial charge is 0.408 e. The number of aliphatic carboxylic acids is 1. The average molecular weight is 328 g/mol. The summed E-state index contributed by atoms with van der Waals surface area (Å²) in [5, 5.41) is 14.6. The van der Waals surface area contributed by atoms with Crippen LogP contribution >= 0.6 is 0 Å². The third kappa shape index (κ3) is 5.41. The standard InChI is InChI=1S/C16H28N2O5/c1-10(2)11(17-14(22)23-15(3,4)5)12(19)18-16(13(20)21)8-6-7-9-16/h10-11H,6-9H2,1-5H3,(H,17,22)(H,18,19)(H,20,21)/t11-/m0/s1. The van der Waals surface area contributed by atoms with Crippen molar-refractivity contribution in [1.29, 1.82) is 0 Å². The van der Waals surface area contributed by atoms with E-state index in [1.165, 1.54) is 0 Å². The third-order valence-corrected chi connectivity index (χ3v) is 3.85. The second kappa shape index (κ2) is 7.19. The molecule has 0 aromatic rings. The molecule has 0 aromatic heterocycles. The van der Waals surface area contributed by atoms with Crippen LogP contribution in [0.2, 0.25) is 0 Å². The zero-order chi connectivity index (χ0) is 17.8. The Morgan fingerprint density at radius 3 is 2.04 bits per heavy atom. The fraction of sp³-hybridized carbons (Fsp3) is 0.812. The zero-order valence-corrected chi connectivity index (χ0v) is 14.6. The van der Waals surface area contributed by atoms with Crippen molar-refractivity contribution in [3.63, 3.8) is 0 Å². The largest absolute Gasteiger partial charge is 0.480 e. The maximum absolute atomic E-state index is 12.5. The summed E-state index contributed by atoms with van der Waals surface area (Å²) in [5.41, 5.74) is -1.89. The molecule has 1 aliphatic carbocycles. The Kier molecular flexibility index (Phi) is 6.02. The van der Waals surface area contributed by atoms with Gasteiger partial charge in [0.1, 0.15) is 17.2 Å². The van der Waals surface area contributed by atoms with Gasteiger partial charge in [0.15, 0.2) is 0 Å². The van der Waals surface area contributed by atoms with E-state index in [1.54, 1.807) is 34.6 Å². The molecular formula is C16H28N2O5. The van der Waals surface area contributed by atoms with Gasteiger partial charge in [-0.05, 0) is 39.5 Å². The van der Waals surface area contributed by atoms with Gasteiger partial charge in [-0.2, -0.15) is 0 Å². The Hall–Kier alpha value is -1.79. The lowest BCUT2D eigenvalue weighted by molar-refractivity contribution is -0.147. The fourth-order valence-electron chi connectivity index (χ4n) is 2.65. The summed E-state index contributed by atoms with van der Waals surface area (Å²) in [6, 6.07) is -0.846. The van der Waals surface area contributed by atoms with Gasteiger partial charge >= 0.3 is 12.1 Å². The molecule has 1 rings (SSSR count). The van der Waals surface area contributed by atoms with Crippen molar-refractivity contribution in [2.75, 3.05) is 0 Å². The van der Waals surface area contributed by atoms with E-state index in [0.717, 1.165) is 12.8 Å². The van der Waals surface area contributed by atoms with Crippen LogP contribution < -0.4 is 10.6 Å². The number of carbonyl (C=O) groups is 3. The maximum Gasteiger partial charge on any atom is 0.408 e. The number of nitrogens with one attached hydrogen (secondary N) is 2. The van der Waals surface area contributed by atoms with Gasteiger partial charge < -0.3 is 20.5 Å². The minimum Gasteiger partial charge on any atom is -0.480 e. The summed E-state index contributed by atoms with van der Waals surface area (Å²) in [6.07, 6.45) is 1.65. The summed E-state index contributed by atoms with van der Waals surface area (Å²) in [4.78, 5) is 35.9. The van der Waals surface area contributed by atoms with Gasteiger partial charge in [0, 0.05) is 0 Å². The lowest BCUT2D eigenvalue weighted by atomic mass is 9.95. The van der Waals surface area contributed by atoms with Crippen LogP contribution in [0.15, 0.2) is 0 Å². The van der Waals surface area contributed by atoms with Crippen molar-refractivity contribution < 1.29 is 24.2 Å². The number of alkyl carbamates (subject to hydrolysis) is 1. The Morgan fingerprint density at radius 2 is 1.65 bits per heavy atom. The minimum absolute atomic E-state index is 0.199. The van der Waals surface area contributed by atoms with E-state index in [-0.39, 0.29) is 5.92 Å². The Labute approximate surface area is 137 Å². The van der Waals surface area contributed by atoms with Gasteiger partial charge in [-0.25, -0.2) is 9.59 Å². The Morgan fingerprint density at radius 1 is 1.13 bits per heavy atom. The predicted molar refractivity (Wildman–Crippen MR) is 85.0 cm³/mol. The molecular weight excluding hydrogens is 300 g/mol. The van der Waals surface area contributed by atoms with Crippen LogP contribution in [0.3, 0.4) is 0 Å². The van der Waals surface area contributed by atoms with Crippen molar-refractivity contribution in [3.8, 4) is 0 Å². The van der Waals surface area contributed by atoms with Crippen molar-refractivity contribution in [2.45, 2.75) is 77.5 Å². The van der Waals surface area contributed by atoms with Crippen LogP contribution in [0, 0.1) is 5.92 Å². The average Bonchev–Trinajstić information content (AvgIpc) is 2.83. The molecule has 132 valence electrons. The number of carbonyl (C=O) groups excluding carboxylic acids is 2. The van der Waals surface area contributed by atoms with Crippen LogP contribution in [0.1, 0.15) is 60.3 Å². The molecule has 1 aliphatic rings. The van der Waals surface area contributed by atoms with Crippen molar-refractivity contribution in [3.05, 3.63) is 0 Å². The molecule has 3 N–H and O–H groups in total. The quantitative estimate of drug-likeness (QED) is 0.716. The normalized spacial score (nSPS) is 18.3. The molecule has 1 saturated carbocycles. The highest BCUT2D eigenvalue weighted by molar-refractivity contribution is 5.91. The lowest BCUT2D eigenvalue weighted by Crippen LogP contribution is -2.59. The first kappa shape index (κ1) is 19.3. The molecule has 1 fully saturated rings. The highest BCUT2D eigenvalue weighted by atomic mass is 16.6. The van der Waals surface area contributed by atoms with Crippen LogP contribution in [-0.2, 0) is 14.3 Å². The molecule has 0 aromatic carbocycles. The first-order valence-corrected chi connectivity index (χ1v) is 8.02. The van der Waals surface area contributed by atoms with Crippen LogP contribution in [-0.4, -0.2) is 40.3 Å². The number of carboxylic acids is 1. The number of hydrogen-bond donors (Lipinski definition) is 3. The molecule has 2 amide bonds. The van der Waals surface area contributed by atoms with E-state index in [1.807, 2.05) is 0 Å². The van der Waals surface area contributed by atoms with Crippen LogP contribution in [0.5, 0.6) is 0 Å². The van der Waals surface area contributed by atoms with Gasteiger partial charge in [0.05, 0.1) is 0 Å². The summed E-state index contributed by atoms with van der Waals surface area (Å²) in [6.45, 7) is 8.76. The van der Waals surface area contributed by atoms with E-state index in [4.69, 9.17) is 4.74 Å². The van der Waals surface area contributed by atoms with E-state index >= 15 is 0 Å². The topological polar surface area (TPSA) is 105 Å². The highest BCUT2D eigenvalue weighted by Gasteiger charge is 2.44. The molecule has 0 saturated heterocycles. The van der Waals surface area contributed by atoms with Crippen molar-refractivity contribution >= 4 is 18.0 Å². The summed E-state index contributed by atoms with van der Waals surface area (Å²) in [7, 11) is 0. The van der Waals surface area contributed by atoms with E-state index in [0.29, 0.717) is 12.8 Å². The number of amides is 2. The molecule has 7 nitrogen and oxygen atoms in total. The van der Waals surface area contributed by atoms with Gasteiger partial charge in [-0.3, -0.25) is 4.79 Å². The summed E-state index contributed by atoms with van der Waals surface area (Å²) < 4.78 is 5.16. The monoisotopic (exact) mass is 328 g/mol. The van der Waals surface area contributed by atoms with Crippen LogP contribution in [0.4, 0.5) is 4.79 Å². The molecule has 7 heteroatoms. The summed E-state index contributed by atoms with van der Waals surface area (Å²) in [5.74, 6) is -1.71. The predicted octanol–water partition coefficient (Wildman–Crippen LogP) is 2.05. The van der Waals surface area contributed by atoms with Gasteiger partial charge in [-0.1, -0.05) is 26.7 Å². The van der Waals surface area contributed by atoms with E-state index in [9.17, 15) is 19.5 Å². The Bertz CT molecular complexity index is 462. The maximum atomic E-state index is 12.5. The number of ether oxygens (including phenoxy) is 1. The van der Waals surface area contributed by atoms with Gasteiger partial charge in [0.25, 0.3) is 0 Å². The SMILES string of the molecule is CC(C)[C@H](NC(=O)OC(C)(C)C)C(=O)NC1(C(=O)O)CCCC1. The number of carboxylic acid groups (broad SMARTS) is 1. The molecule has 1 atom stereocenters. The second-order valence-corrected chi connectivity index (χ2v) is 7.45. The minimum atomic E-state index is -1.22.